The molecule has 0 fully saturated rings. The van der Waals surface area contributed by atoms with Crippen LogP contribution in [0.5, 0.6) is 0 Å². The van der Waals surface area contributed by atoms with Gasteiger partial charge < -0.3 is 23.2 Å². The normalized spacial score (nSPS) is 12.0. The molecule has 1 N–H and O–H groups in total. The summed E-state index contributed by atoms with van der Waals surface area (Å²) in [5.74, 6) is -0.696. The maximum atomic E-state index is 13.0. The van der Waals surface area contributed by atoms with Crippen LogP contribution in [-0.4, -0.2) is 46.4 Å². The van der Waals surface area contributed by atoms with Gasteiger partial charge in [-0.2, -0.15) is 5.26 Å². The predicted octanol–water partition coefficient (Wildman–Crippen LogP) is 6.83. The maximum absolute atomic E-state index is 13.0. The van der Waals surface area contributed by atoms with Gasteiger partial charge in [0.25, 0.3) is 0 Å². The first kappa shape index (κ1) is 32.0. The summed E-state index contributed by atoms with van der Waals surface area (Å²) < 4.78 is 18.8. The number of Topliss-reactive ketones (excluding diaryl/α,β-unsaturated/α-hetero) is 1. The van der Waals surface area contributed by atoms with Crippen molar-refractivity contribution in [1.29, 1.82) is 5.26 Å². The van der Waals surface area contributed by atoms with Crippen molar-refractivity contribution in [3.63, 3.8) is 0 Å². The van der Waals surface area contributed by atoms with E-state index in [2.05, 4.69) is 65.3 Å². The Morgan fingerprint density at radius 3 is 2.29 bits per heavy atom. The van der Waals surface area contributed by atoms with Gasteiger partial charge >= 0.3 is 8.80 Å². The molecule has 0 radical (unpaired) electrons. The van der Waals surface area contributed by atoms with Gasteiger partial charge in [-0.25, -0.2) is 0 Å². The third kappa shape index (κ3) is 6.40. The van der Waals surface area contributed by atoms with Crippen LogP contribution in [0.25, 0.3) is 38.3 Å². The lowest BCUT2D eigenvalue weighted by Crippen LogP contribution is -2.54. The zero-order valence-electron chi connectivity index (χ0n) is 26.0. The van der Waals surface area contributed by atoms with E-state index in [1.807, 2.05) is 13.0 Å². The summed E-state index contributed by atoms with van der Waals surface area (Å²) in [5, 5.41) is 15.8. The summed E-state index contributed by atoms with van der Waals surface area (Å²) in [6, 6.07) is 26.1. The van der Waals surface area contributed by atoms with Gasteiger partial charge in [0.1, 0.15) is 6.07 Å². The molecule has 1 amide bonds. The number of anilines is 1. The molecular formula is C35H35N3O5SSi. The monoisotopic (exact) mass is 637 g/mol. The number of nitrogens with zero attached hydrogens (tertiary/aromatic N) is 2. The van der Waals surface area contributed by atoms with Crippen molar-refractivity contribution in [2.45, 2.75) is 33.2 Å². The first-order valence-electron chi connectivity index (χ1n) is 14.6. The van der Waals surface area contributed by atoms with Gasteiger partial charge in [-0.3, -0.25) is 9.59 Å². The van der Waals surface area contributed by atoms with E-state index in [0.29, 0.717) is 5.69 Å². The predicted molar refractivity (Wildman–Crippen MR) is 182 cm³/mol. The fourth-order valence-electron chi connectivity index (χ4n) is 5.58. The molecule has 3 aromatic carbocycles. The Hall–Kier alpha value is -4.37. The number of rotatable bonds is 12. The van der Waals surface area contributed by atoms with Crippen LogP contribution in [0.3, 0.4) is 0 Å². The molecule has 0 bridgehead atoms. The second-order valence-electron chi connectivity index (χ2n) is 10.5. The van der Waals surface area contributed by atoms with Crippen LogP contribution in [0.15, 0.2) is 78.4 Å². The Kier molecular flexibility index (Phi) is 9.77. The van der Waals surface area contributed by atoms with Crippen molar-refractivity contribution < 1.29 is 22.9 Å². The van der Waals surface area contributed by atoms with Crippen molar-refractivity contribution in [3.05, 3.63) is 88.8 Å². The molecule has 10 heteroatoms. The van der Waals surface area contributed by atoms with E-state index < -0.39 is 8.80 Å². The number of hydrogen-bond acceptors (Lipinski definition) is 7. The summed E-state index contributed by atoms with van der Waals surface area (Å²) in [7, 11) is 1.61. The maximum Gasteiger partial charge on any atom is 0.536 e. The number of carbonyl (C=O) groups excluding carboxylic acids is 2. The molecule has 0 aliphatic heterocycles. The summed E-state index contributed by atoms with van der Waals surface area (Å²) in [4.78, 5) is 27.5. The first-order valence-corrected chi connectivity index (χ1v) is 17.1. The van der Waals surface area contributed by atoms with Crippen LogP contribution in [0.1, 0.15) is 30.2 Å². The number of thiophene rings is 1. The van der Waals surface area contributed by atoms with Gasteiger partial charge in [-0.05, 0) is 67.4 Å². The van der Waals surface area contributed by atoms with E-state index in [-0.39, 0.29) is 30.1 Å². The minimum absolute atomic E-state index is 0.0325. The summed E-state index contributed by atoms with van der Waals surface area (Å²) >= 11 is 1.54. The standard InChI is InChI=1S/C35H35N3O5SSi/c1-6-38-30-10-8-7-9-28(30)29-20-24(11-16-31(29)38)34-19-23(2)33(44-34)21-25(22-36)32(39)17-18-35(40)37-26-12-14-27(15-13-26)45(41-3,42-4)43-5/h7-16,19-21H,6,17-18H2,1-5H3,(H,37,40)/b25-21+. The number of ketones is 1. The van der Waals surface area contributed by atoms with E-state index >= 15 is 0 Å². The number of amides is 1. The highest BCUT2D eigenvalue weighted by Gasteiger charge is 2.40. The van der Waals surface area contributed by atoms with Crippen LogP contribution in [0.4, 0.5) is 5.69 Å². The Morgan fingerprint density at radius 1 is 0.933 bits per heavy atom. The average Bonchev–Trinajstić information content (AvgIpc) is 3.60. The lowest BCUT2D eigenvalue weighted by molar-refractivity contribution is -0.120. The fourth-order valence-corrected chi connectivity index (χ4v) is 8.48. The van der Waals surface area contributed by atoms with Crippen molar-refractivity contribution in [2.75, 3.05) is 26.6 Å². The molecule has 5 aromatic rings. The van der Waals surface area contributed by atoms with Gasteiger partial charge in [0.05, 0.1) is 5.57 Å². The number of hydrogen-bond donors (Lipinski definition) is 1. The van der Waals surface area contributed by atoms with E-state index in [0.717, 1.165) is 32.6 Å². The number of aryl methyl sites for hydroxylation is 2. The lowest BCUT2D eigenvalue weighted by atomic mass is 10.1. The Labute approximate surface area is 267 Å². The van der Waals surface area contributed by atoms with Crippen molar-refractivity contribution in [2.24, 2.45) is 0 Å². The number of fused-ring (bicyclic) bond motifs is 3. The smallest absolute Gasteiger partial charge is 0.373 e. The summed E-state index contributed by atoms with van der Waals surface area (Å²) in [6.45, 7) is 5.01. The molecule has 0 spiro atoms. The van der Waals surface area contributed by atoms with Crippen molar-refractivity contribution in [3.8, 4) is 16.5 Å². The van der Waals surface area contributed by atoms with Gasteiger partial charge in [-0.1, -0.05) is 36.4 Å². The SMILES string of the molecule is CCn1c2ccccc2c2cc(-c3cc(C)c(/C=C(\C#N)C(=O)CCC(=O)Nc4ccc([Si](OC)(OC)OC)cc4)s3)ccc21. The number of carbonyl (C=O) groups is 2. The van der Waals surface area contributed by atoms with Crippen LogP contribution in [-0.2, 0) is 29.4 Å². The number of allylic oxidation sites excluding steroid dienone is 1. The van der Waals surface area contributed by atoms with Crippen LogP contribution >= 0.6 is 11.3 Å². The minimum Gasteiger partial charge on any atom is -0.373 e. The van der Waals surface area contributed by atoms with Gasteiger partial charge in [0.15, 0.2) is 5.78 Å². The van der Waals surface area contributed by atoms with Crippen LogP contribution in [0.2, 0.25) is 0 Å². The van der Waals surface area contributed by atoms with Crippen molar-refractivity contribution in [1.82, 2.24) is 4.57 Å². The molecule has 0 aliphatic rings. The number of aromatic nitrogens is 1. The molecule has 230 valence electrons. The fraction of sp³-hybridized carbons (Fsp3) is 0.229. The molecule has 0 atom stereocenters. The lowest BCUT2D eigenvalue weighted by Gasteiger charge is -2.24. The molecule has 0 saturated carbocycles. The first-order chi connectivity index (χ1) is 21.8. The molecule has 0 aliphatic carbocycles. The van der Waals surface area contributed by atoms with Crippen LogP contribution in [0, 0.1) is 18.3 Å². The van der Waals surface area contributed by atoms with Crippen molar-refractivity contribution >= 4 is 70.6 Å². The third-order valence-corrected chi connectivity index (χ3v) is 11.8. The average molecular weight is 638 g/mol. The molecule has 8 nitrogen and oxygen atoms in total. The highest BCUT2D eigenvalue weighted by atomic mass is 32.1. The number of para-hydroxylation sites is 1. The van der Waals surface area contributed by atoms with E-state index in [1.54, 1.807) is 41.7 Å². The molecular weight excluding hydrogens is 603 g/mol. The minimum atomic E-state index is -2.97. The van der Waals surface area contributed by atoms with Crippen LogP contribution < -0.4 is 10.5 Å². The Morgan fingerprint density at radius 2 is 1.62 bits per heavy atom. The Bertz CT molecular complexity index is 1940. The van der Waals surface area contributed by atoms with Gasteiger partial charge in [0.2, 0.25) is 5.91 Å². The molecule has 0 saturated heterocycles. The van der Waals surface area contributed by atoms with E-state index in [1.165, 1.54) is 43.1 Å². The topological polar surface area (TPSA) is 103 Å². The largest absolute Gasteiger partial charge is 0.536 e. The number of nitriles is 1. The Balaban J connectivity index is 1.27. The molecule has 0 unspecified atom stereocenters. The highest BCUT2D eigenvalue weighted by molar-refractivity contribution is 7.16. The highest BCUT2D eigenvalue weighted by Crippen LogP contribution is 2.37. The summed E-state index contributed by atoms with van der Waals surface area (Å²) in [6.07, 6.45) is 1.51. The molecule has 5 rings (SSSR count). The zero-order chi connectivity index (χ0) is 32.1. The summed E-state index contributed by atoms with van der Waals surface area (Å²) in [5.41, 5.74) is 5.08. The van der Waals surface area contributed by atoms with Gasteiger partial charge in [0, 0.05) is 83.2 Å². The molecule has 45 heavy (non-hydrogen) atoms. The zero-order valence-corrected chi connectivity index (χ0v) is 27.8. The quantitative estimate of drug-likeness (QED) is 0.0914. The second-order valence-corrected chi connectivity index (χ2v) is 14.5. The van der Waals surface area contributed by atoms with E-state index in [9.17, 15) is 14.9 Å². The number of nitrogens with one attached hydrogen (secondary N) is 1. The van der Waals surface area contributed by atoms with E-state index in [4.69, 9.17) is 13.3 Å². The number of benzene rings is 3. The van der Waals surface area contributed by atoms with Gasteiger partial charge in [-0.15, -0.1) is 11.3 Å². The molecule has 2 aromatic heterocycles. The second kappa shape index (κ2) is 13.7. The molecule has 2 heterocycles. The third-order valence-electron chi connectivity index (χ3n) is 7.93.